The monoisotopic (exact) mass is 401 g/mol. The number of ether oxygens (including phenoxy) is 1. The highest BCUT2D eigenvalue weighted by molar-refractivity contribution is 6.15. The Bertz CT molecular complexity index is 1060. The maximum Gasteiger partial charge on any atom is 0.231 e. The molecule has 1 aliphatic rings. The van der Waals surface area contributed by atoms with E-state index in [1.54, 1.807) is 11.0 Å². The molecule has 1 N–H and O–H groups in total. The van der Waals surface area contributed by atoms with Crippen LogP contribution in [0.5, 0.6) is 11.5 Å². The van der Waals surface area contributed by atoms with Gasteiger partial charge in [0.25, 0.3) is 0 Å². The predicted octanol–water partition coefficient (Wildman–Crippen LogP) is 4.16. The summed E-state index contributed by atoms with van der Waals surface area (Å²) in [6, 6.07) is 14.9. The first kappa shape index (κ1) is 21.1. The van der Waals surface area contributed by atoms with Crippen molar-refractivity contribution in [2.75, 3.05) is 13.1 Å². The van der Waals surface area contributed by atoms with E-state index in [9.17, 15) is 9.90 Å². The normalized spacial score (nSPS) is 14.3. The number of hydrogen-bond donors (Lipinski definition) is 1. The third-order valence-electron chi connectivity index (χ3n) is 4.96. The van der Waals surface area contributed by atoms with Crippen LogP contribution in [-0.2, 0) is 12.0 Å². The lowest BCUT2D eigenvalue weighted by atomic mass is 9.86. The molecule has 0 aromatic heterocycles. The van der Waals surface area contributed by atoms with Gasteiger partial charge in [-0.15, -0.1) is 0 Å². The number of nitrogens with zero attached hydrogens (tertiary/aromatic N) is 3. The summed E-state index contributed by atoms with van der Waals surface area (Å²) in [5.74, 6) is 0.141. The number of carbonyl (C=O) groups is 1. The third-order valence-corrected chi connectivity index (χ3v) is 4.96. The first-order valence-corrected chi connectivity index (χ1v) is 9.60. The van der Waals surface area contributed by atoms with Gasteiger partial charge in [0.1, 0.15) is 11.5 Å². The van der Waals surface area contributed by atoms with Gasteiger partial charge in [-0.1, -0.05) is 45.0 Å². The van der Waals surface area contributed by atoms with Gasteiger partial charge in [-0.05, 0) is 34.8 Å². The number of nitriles is 2. The standard InChI is InChI=1S/C24H23N3O3/c1-24(2,3)17-6-4-16(5-7-17)14-21-22(29)18-8-9-20(28)19(23(18)30-21)15-27(12-10-25)13-11-26/h4-9,14,28H,12-13,15H2,1-3H3/b21-14+. The molecule has 0 unspecified atom stereocenters. The number of aromatic hydroxyl groups is 1. The molecule has 0 amide bonds. The summed E-state index contributed by atoms with van der Waals surface area (Å²) < 4.78 is 5.85. The van der Waals surface area contributed by atoms with Crippen molar-refractivity contribution in [3.63, 3.8) is 0 Å². The molecule has 0 atom stereocenters. The van der Waals surface area contributed by atoms with E-state index in [2.05, 4.69) is 20.8 Å². The summed E-state index contributed by atoms with van der Waals surface area (Å²) in [5, 5.41) is 28.3. The topological polar surface area (TPSA) is 97.3 Å². The molecular formula is C24H23N3O3. The highest BCUT2D eigenvalue weighted by Crippen LogP contribution is 2.40. The van der Waals surface area contributed by atoms with Gasteiger partial charge in [-0.2, -0.15) is 10.5 Å². The van der Waals surface area contributed by atoms with Crippen LogP contribution in [-0.4, -0.2) is 28.9 Å². The molecule has 0 fully saturated rings. The van der Waals surface area contributed by atoms with Gasteiger partial charge in [0.2, 0.25) is 5.78 Å². The number of ketones is 1. The molecule has 0 radical (unpaired) electrons. The van der Waals surface area contributed by atoms with Gasteiger partial charge in [0.05, 0.1) is 36.4 Å². The fourth-order valence-electron chi connectivity index (χ4n) is 3.27. The molecule has 6 heteroatoms. The van der Waals surface area contributed by atoms with E-state index >= 15 is 0 Å². The van der Waals surface area contributed by atoms with Gasteiger partial charge in [0.15, 0.2) is 5.76 Å². The second-order valence-electron chi connectivity index (χ2n) is 8.21. The maximum atomic E-state index is 12.8. The summed E-state index contributed by atoms with van der Waals surface area (Å²) >= 11 is 0. The molecule has 152 valence electrons. The van der Waals surface area contributed by atoms with Crippen LogP contribution in [0.4, 0.5) is 0 Å². The van der Waals surface area contributed by atoms with Crippen LogP contribution in [0.15, 0.2) is 42.2 Å². The van der Waals surface area contributed by atoms with E-state index in [4.69, 9.17) is 15.3 Å². The van der Waals surface area contributed by atoms with Crippen molar-refractivity contribution in [1.29, 1.82) is 10.5 Å². The number of carbonyl (C=O) groups excluding carboxylic acids is 1. The number of phenolic OH excluding ortho intramolecular Hbond substituents is 1. The van der Waals surface area contributed by atoms with Crippen LogP contribution < -0.4 is 4.74 Å². The fourth-order valence-corrected chi connectivity index (χ4v) is 3.27. The summed E-state index contributed by atoms with van der Waals surface area (Å²) in [4.78, 5) is 14.4. The summed E-state index contributed by atoms with van der Waals surface area (Å²) in [6.07, 6.45) is 1.68. The van der Waals surface area contributed by atoms with Crippen LogP contribution in [0.3, 0.4) is 0 Å². The number of fused-ring (bicyclic) bond motifs is 1. The molecule has 6 nitrogen and oxygen atoms in total. The Hall–Kier alpha value is -3.61. The number of rotatable bonds is 5. The lowest BCUT2D eigenvalue weighted by Gasteiger charge is -2.18. The molecule has 30 heavy (non-hydrogen) atoms. The minimum Gasteiger partial charge on any atom is -0.507 e. The number of Topliss-reactive ketones (excluding diaryl/α,β-unsaturated/α-hetero) is 1. The van der Waals surface area contributed by atoms with Crippen molar-refractivity contribution in [3.8, 4) is 23.6 Å². The molecule has 2 aromatic rings. The van der Waals surface area contributed by atoms with Gasteiger partial charge in [0, 0.05) is 6.54 Å². The Morgan fingerprint density at radius 3 is 2.27 bits per heavy atom. The average Bonchev–Trinajstić information content (AvgIpc) is 3.00. The number of phenols is 1. The van der Waals surface area contributed by atoms with Crippen LogP contribution in [0.1, 0.15) is 47.8 Å². The molecule has 3 rings (SSSR count). The van der Waals surface area contributed by atoms with E-state index in [1.807, 2.05) is 36.4 Å². The summed E-state index contributed by atoms with van der Waals surface area (Å²) in [5.41, 5.74) is 2.80. The smallest absolute Gasteiger partial charge is 0.231 e. The second-order valence-corrected chi connectivity index (χ2v) is 8.21. The Morgan fingerprint density at radius 2 is 1.70 bits per heavy atom. The molecule has 0 saturated heterocycles. The molecule has 0 saturated carbocycles. The first-order chi connectivity index (χ1) is 14.2. The van der Waals surface area contributed by atoms with Crippen LogP contribution in [0.2, 0.25) is 0 Å². The zero-order valence-electron chi connectivity index (χ0n) is 17.3. The van der Waals surface area contributed by atoms with Crippen LogP contribution in [0, 0.1) is 22.7 Å². The van der Waals surface area contributed by atoms with E-state index in [0.717, 1.165) is 5.56 Å². The number of hydrogen-bond acceptors (Lipinski definition) is 6. The van der Waals surface area contributed by atoms with E-state index < -0.39 is 0 Å². The summed E-state index contributed by atoms with van der Waals surface area (Å²) in [7, 11) is 0. The quantitative estimate of drug-likeness (QED) is 0.597. The Balaban J connectivity index is 1.92. The Labute approximate surface area is 176 Å². The molecular weight excluding hydrogens is 378 g/mol. The SMILES string of the molecule is CC(C)(C)c1ccc(/C=C2/Oc3c(ccc(O)c3CN(CC#N)CC#N)C2=O)cc1. The largest absolute Gasteiger partial charge is 0.507 e. The van der Waals surface area contributed by atoms with E-state index in [1.165, 1.54) is 17.7 Å². The predicted molar refractivity (Wildman–Crippen MR) is 113 cm³/mol. The van der Waals surface area contributed by atoms with Crippen molar-refractivity contribution in [3.05, 3.63) is 64.4 Å². The molecule has 0 spiro atoms. The molecule has 2 aromatic carbocycles. The number of benzene rings is 2. The first-order valence-electron chi connectivity index (χ1n) is 9.60. The van der Waals surface area contributed by atoms with Crippen molar-refractivity contribution in [2.24, 2.45) is 0 Å². The zero-order chi connectivity index (χ0) is 21.9. The minimum atomic E-state index is -0.265. The third kappa shape index (κ3) is 4.35. The van der Waals surface area contributed by atoms with Gasteiger partial charge < -0.3 is 9.84 Å². The van der Waals surface area contributed by atoms with Crippen LogP contribution >= 0.6 is 0 Å². The maximum absolute atomic E-state index is 12.8. The van der Waals surface area contributed by atoms with Gasteiger partial charge in [-0.3, -0.25) is 9.69 Å². The molecule has 1 heterocycles. The number of allylic oxidation sites excluding steroid dienone is 1. The Morgan fingerprint density at radius 1 is 1.07 bits per heavy atom. The lowest BCUT2D eigenvalue weighted by molar-refractivity contribution is 0.101. The van der Waals surface area contributed by atoms with Crippen molar-refractivity contribution >= 4 is 11.9 Å². The highest BCUT2D eigenvalue weighted by Gasteiger charge is 2.31. The van der Waals surface area contributed by atoms with Gasteiger partial charge in [-0.25, -0.2) is 0 Å². The van der Waals surface area contributed by atoms with Gasteiger partial charge >= 0.3 is 0 Å². The fraction of sp³-hybridized carbons (Fsp3) is 0.292. The highest BCUT2D eigenvalue weighted by atomic mass is 16.5. The zero-order valence-corrected chi connectivity index (χ0v) is 17.3. The van der Waals surface area contributed by atoms with E-state index in [-0.39, 0.29) is 48.1 Å². The molecule has 0 bridgehead atoms. The minimum absolute atomic E-state index is 0.0213. The van der Waals surface area contributed by atoms with Crippen molar-refractivity contribution < 1.29 is 14.6 Å². The molecule has 0 aliphatic carbocycles. The second kappa shape index (κ2) is 8.41. The van der Waals surface area contributed by atoms with Crippen molar-refractivity contribution in [2.45, 2.75) is 32.7 Å². The van der Waals surface area contributed by atoms with Crippen molar-refractivity contribution in [1.82, 2.24) is 4.90 Å². The lowest BCUT2D eigenvalue weighted by Crippen LogP contribution is -2.24. The summed E-state index contributed by atoms with van der Waals surface area (Å²) in [6.45, 7) is 6.57. The molecule has 1 aliphatic heterocycles. The van der Waals surface area contributed by atoms with Crippen LogP contribution in [0.25, 0.3) is 6.08 Å². The van der Waals surface area contributed by atoms with E-state index in [0.29, 0.717) is 11.1 Å². The average molecular weight is 401 g/mol. The Kier molecular flexibility index (Phi) is 5.91.